The molecular weight excluding hydrogens is 262 g/mol. The van der Waals surface area contributed by atoms with Crippen LogP contribution in [0.15, 0.2) is 35.7 Å². The number of aliphatic hydroxyl groups is 1. The van der Waals surface area contributed by atoms with E-state index in [2.05, 4.69) is 4.72 Å². The third-order valence-electron chi connectivity index (χ3n) is 3.46. The van der Waals surface area contributed by atoms with E-state index in [1.807, 2.05) is 30.3 Å². The van der Waals surface area contributed by atoms with Gasteiger partial charge in [-0.3, -0.25) is 0 Å². The molecule has 1 fully saturated rings. The fourth-order valence-electron chi connectivity index (χ4n) is 2.41. The highest BCUT2D eigenvalue weighted by Gasteiger charge is 2.36. The van der Waals surface area contributed by atoms with E-state index >= 15 is 0 Å². The van der Waals surface area contributed by atoms with Crippen LogP contribution in [0.1, 0.15) is 31.2 Å². The Morgan fingerprint density at radius 2 is 1.84 bits per heavy atom. The van der Waals surface area contributed by atoms with Crippen LogP contribution >= 0.6 is 0 Å². The van der Waals surface area contributed by atoms with E-state index in [0.29, 0.717) is 12.8 Å². The average Bonchev–Trinajstić information content (AvgIpc) is 2.86. The van der Waals surface area contributed by atoms with Gasteiger partial charge in [-0.2, -0.15) is 0 Å². The standard InChI is InChI=1S/C14H19NO3S/c16-12-14(9-4-5-10-14)15-19(17,18)11-8-13-6-2-1-3-7-13/h1-3,6-8,11,15-16H,4-5,9-10,12H2. The molecule has 0 aliphatic heterocycles. The van der Waals surface area contributed by atoms with Gasteiger partial charge in [-0.1, -0.05) is 43.2 Å². The highest BCUT2D eigenvalue weighted by Crippen LogP contribution is 2.30. The Bertz CT molecular complexity index is 531. The molecule has 0 unspecified atom stereocenters. The Hall–Kier alpha value is -1.17. The SMILES string of the molecule is O=S(=O)(C=Cc1ccccc1)NC1(CO)CCCC1. The van der Waals surface area contributed by atoms with Crippen molar-refractivity contribution in [1.29, 1.82) is 0 Å². The van der Waals surface area contributed by atoms with Crippen molar-refractivity contribution in [2.45, 2.75) is 31.2 Å². The summed E-state index contributed by atoms with van der Waals surface area (Å²) in [6.07, 6.45) is 4.85. The zero-order valence-corrected chi connectivity index (χ0v) is 11.6. The molecule has 0 bridgehead atoms. The molecule has 1 saturated carbocycles. The average molecular weight is 281 g/mol. The van der Waals surface area contributed by atoms with Crippen molar-refractivity contribution in [2.24, 2.45) is 0 Å². The summed E-state index contributed by atoms with van der Waals surface area (Å²) >= 11 is 0. The number of rotatable bonds is 5. The Balaban J connectivity index is 2.08. The van der Waals surface area contributed by atoms with E-state index in [9.17, 15) is 13.5 Å². The summed E-state index contributed by atoms with van der Waals surface area (Å²) in [5.41, 5.74) is 0.164. The van der Waals surface area contributed by atoms with Gasteiger partial charge in [0, 0.05) is 5.41 Å². The number of hydrogen-bond donors (Lipinski definition) is 2. The lowest BCUT2D eigenvalue weighted by Gasteiger charge is -2.26. The lowest BCUT2D eigenvalue weighted by atomic mass is 10.0. The first-order valence-electron chi connectivity index (χ1n) is 6.43. The zero-order valence-electron chi connectivity index (χ0n) is 10.7. The monoisotopic (exact) mass is 281 g/mol. The molecule has 0 aromatic heterocycles. The first kappa shape index (κ1) is 14.2. The normalized spacial score (nSPS) is 19.0. The molecule has 1 aliphatic rings. The summed E-state index contributed by atoms with van der Waals surface area (Å²) in [5.74, 6) is 0. The zero-order chi connectivity index (χ0) is 13.8. The summed E-state index contributed by atoms with van der Waals surface area (Å²) < 4.78 is 26.7. The number of hydrogen-bond acceptors (Lipinski definition) is 3. The van der Waals surface area contributed by atoms with Crippen LogP contribution in [-0.4, -0.2) is 25.7 Å². The van der Waals surface area contributed by atoms with Crippen molar-refractivity contribution in [3.8, 4) is 0 Å². The first-order chi connectivity index (χ1) is 9.05. The molecule has 104 valence electrons. The maximum Gasteiger partial charge on any atom is 0.234 e. The van der Waals surface area contributed by atoms with Crippen LogP contribution in [0.2, 0.25) is 0 Å². The van der Waals surface area contributed by atoms with Gasteiger partial charge >= 0.3 is 0 Å². The maximum atomic E-state index is 12.0. The molecular formula is C14H19NO3S. The molecule has 1 aliphatic carbocycles. The van der Waals surface area contributed by atoms with Gasteiger partial charge in [0.15, 0.2) is 0 Å². The molecule has 1 aromatic rings. The van der Waals surface area contributed by atoms with Crippen molar-refractivity contribution in [1.82, 2.24) is 4.72 Å². The van der Waals surface area contributed by atoms with Crippen LogP contribution in [0, 0.1) is 0 Å². The fourth-order valence-corrected chi connectivity index (χ4v) is 3.69. The number of aliphatic hydroxyl groups excluding tert-OH is 1. The third-order valence-corrected chi connectivity index (χ3v) is 4.67. The number of benzene rings is 1. The number of sulfonamides is 1. The van der Waals surface area contributed by atoms with Crippen LogP contribution < -0.4 is 4.72 Å². The van der Waals surface area contributed by atoms with E-state index in [1.165, 1.54) is 0 Å². The van der Waals surface area contributed by atoms with Gasteiger partial charge in [0.05, 0.1) is 12.1 Å². The predicted molar refractivity (Wildman–Crippen MR) is 75.8 cm³/mol. The van der Waals surface area contributed by atoms with Crippen molar-refractivity contribution in [3.63, 3.8) is 0 Å². The summed E-state index contributed by atoms with van der Waals surface area (Å²) in [6.45, 7) is -0.147. The first-order valence-corrected chi connectivity index (χ1v) is 7.98. The summed E-state index contributed by atoms with van der Waals surface area (Å²) in [5, 5.41) is 10.6. The van der Waals surface area contributed by atoms with Gasteiger partial charge in [-0.05, 0) is 24.5 Å². The molecule has 0 atom stereocenters. The van der Waals surface area contributed by atoms with Gasteiger partial charge < -0.3 is 5.11 Å². The van der Waals surface area contributed by atoms with Gasteiger partial charge in [0.2, 0.25) is 10.0 Å². The molecule has 1 aromatic carbocycles. The van der Waals surface area contributed by atoms with Crippen LogP contribution in [0.3, 0.4) is 0 Å². The fraction of sp³-hybridized carbons (Fsp3) is 0.429. The van der Waals surface area contributed by atoms with E-state index in [4.69, 9.17) is 0 Å². The second kappa shape index (κ2) is 5.86. The van der Waals surface area contributed by atoms with Crippen LogP contribution in [0.4, 0.5) is 0 Å². The lowest BCUT2D eigenvalue weighted by molar-refractivity contribution is 0.186. The van der Waals surface area contributed by atoms with Crippen LogP contribution in [-0.2, 0) is 10.0 Å². The van der Waals surface area contributed by atoms with Crippen molar-refractivity contribution >= 4 is 16.1 Å². The Morgan fingerprint density at radius 1 is 1.21 bits per heavy atom. The second-order valence-electron chi connectivity index (χ2n) is 5.01. The minimum absolute atomic E-state index is 0.147. The quantitative estimate of drug-likeness (QED) is 0.866. The van der Waals surface area contributed by atoms with Crippen LogP contribution in [0.25, 0.3) is 6.08 Å². The molecule has 0 spiro atoms. The maximum absolute atomic E-state index is 12.0. The molecule has 19 heavy (non-hydrogen) atoms. The van der Waals surface area contributed by atoms with Gasteiger partial charge in [0.25, 0.3) is 0 Å². The summed E-state index contributed by atoms with van der Waals surface area (Å²) in [4.78, 5) is 0. The summed E-state index contributed by atoms with van der Waals surface area (Å²) in [6, 6.07) is 9.26. The Morgan fingerprint density at radius 3 is 2.42 bits per heavy atom. The lowest BCUT2D eigenvalue weighted by Crippen LogP contribution is -2.48. The highest BCUT2D eigenvalue weighted by atomic mass is 32.2. The van der Waals surface area contributed by atoms with E-state index in [0.717, 1.165) is 23.8 Å². The Kier molecular flexibility index (Phi) is 4.39. The molecule has 0 radical (unpaired) electrons. The minimum Gasteiger partial charge on any atom is -0.394 e. The molecule has 2 rings (SSSR count). The molecule has 0 amide bonds. The minimum atomic E-state index is -3.52. The van der Waals surface area contributed by atoms with Crippen LogP contribution in [0.5, 0.6) is 0 Å². The molecule has 0 saturated heterocycles. The topological polar surface area (TPSA) is 66.4 Å². The smallest absolute Gasteiger partial charge is 0.234 e. The van der Waals surface area contributed by atoms with E-state index < -0.39 is 15.6 Å². The molecule has 0 heterocycles. The molecule has 2 N–H and O–H groups in total. The van der Waals surface area contributed by atoms with Gasteiger partial charge in [-0.25, -0.2) is 13.1 Å². The summed E-state index contributed by atoms with van der Waals surface area (Å²) in [7, 11) is -3.52. The van der Waals surface area contributed by atoms with E-state index in [-0.39, 0.29) is 6.61 Å². The van der Waals surface area contributed by atoms with Crippen molar-refractivity contribution < 1.29 is 13.5 Å². The molecule has 5 heteroatoms. The van der Waals surface area contributed by atoms with E-state index in [1.54, 1.807) is 6.08 Å². The highest BCUT2D eigenvalue weighted by molar-refractivity contribution is 7.92. The number of nitrogens with one attached hydrogen (secondary N) is 1. The van der Waals surface area contributed by atoms with Crippen molar-refractivity contribution in [3.05, 3.63) is 41.3 Å². The van der Waals surface area contributed by atoms with Crippen molar-refractivity contribution in [2.75, 3.05) is 6.61 Å². The van der Waals surface area contributed by atoms with Gasteiger partial charge in [0.1, 0.15) is 0 Å². The largest absolute Gasteiger partial charge is 0.394 e. The second-order valence-corrected chi connectivity index (χ2v) is 6.57. The Labute approximate surface area is 114 Å². The third kappa shape index (κ3) is 3.89. The molecule has 4 nitrogen and oxygen atoms in total. The predicted octanol–water partition coefficient (Wildman–Crippen LogP) is 1.88. The van der Waals surface area contributed by atoms with Gasteiger partial charge in [-0.15, -0.1) is 0 Å².